The number of hydrogen-bond acceptors (Lipinski definition) is 5. The van der Waals surface area contributed by atoms with Gasteiger partial charge < -0.3 is 4.74 Å². The molecule has 1 heterocycles. The van der Waals surface area contributed by atoms with Crippen LogP contribution in [-0.4, -0.2) is 22.8 Å². The predicted octanol–water partition coefficient (Wildman–Crippen LogP) is 3.37. The average Bonchev–Trinajstić information content (AvgIpc) is 2.91. The van der Waals surface area contributed by atoms with Crippen LogP contribution < -0.4 is 0 Å². The first-order chi connectivity index (χ1) is 10.5. The van der Waals surface area contributed by atoms with E-state index < -0.39 is 12.1 Å². The van der Waals surface area contributed by atoms with Crippen LogP contribution in [-0.2, 0) is 22.4 Å². The number of aromatic nitrogens is 1. The van der Waals surface area contributed by atoms with Gasteiger partial charge in [-0.1, -0.05) is 31.2 Å². The van der Waals surface area contributed by atoms with Gasteiger partial charge in [0.05, 0.1) is 17.1 Å². The minimum Gasteiger partial charge on any atom is -0.454 e. The molecule has 2 rings (SSSR count). The Kier molecular flexibility index (Phi) is 5.44. The molecule has 1 aromatic carbocycles. The second-order valence-electron chi connectivity index (χ2n) is 5.08. The van der Waals surface area contributed by atoms with E-state index in [9.17, 15) is 9.59 Å². The summed E-state index contributed by atoms with van der Waals surface area (Å²) in [4.78, 5) is 28.3. The second kappa shape index (κ2) is 7.31. The van der Waals surface area contributed by atoms with E-state index in [0.29, 0.717) is 11.3 Å². The molecule has 0 fully saturated rings. The fraction of sp³-hybridized carbons (Fsp3) is 0.353. The maximum Gasteiger partial charge on any atom is 0.312 e. The predicted molar refractivity (Wildman–Crippen MR) is 86.3 cm³/mol. The molecule has 0 saturated heterocycles. The van der Waals surface area contributed by atoms with Crippen molar-refractivity contribution in [3.8, 4) is 0 Å². The molecule has 1 aromatic heterocycles. The molecule has 22 heavy (non-hydrogen) atoms. The molecule has 1 unspecified atom stereocenters. The molecule has 0 aliphatic rings. The van der Waals surface area contributed by atoms with Crippen LogP contribution >= 0.6 is 11.3 Å². The zero-order valence-corrected chi connectivity index (χ0v) is 13.8. The Hall–Kier alpha value is -2.01. The quantitative estimate of drug-likeness (QED) is 0.605. The monoisotopic (exact) mass is 317 g/mol. The van der Waals surface area contributed by atoms with Crippen molar-refractivity contribution in [2.75, 3.05) is 0 Å². The summed E-state index contributed by atoms with van der Waals surface area (Å²) in [6.45, 7) is 5.54. The maximum atomic E-state index is 12.2. The molecule has 1 atom stereocenters. The van der Waals surface area contributed by atoms with Gasteiger partial charge >= 0.3 is 5.97 Å². The Morgan fingerprint density at radius 2 is 1.95 bits per heavy atom. The van der Waals surface area contributed by atoms with Crippen LogP contribution in [0.4, 0.5) is 0 Å². The van der Waals surface area contributed by atoms with Crippen LogP contribution in [0.1, 0.15) is 40.5 Å². The van der Waals surface area contributed by atoms with Crippen LogP contribution in [0, 0.1) is 6.92 Å². The molecule has 0 amide bonds. The molecule has 0 radical (unpaired) electrons. The number of benzene rings is 1. The summed E-state index contributed by atoms with van der Waals surface area (Å²) >= 11 is 1.49. The fourth-order valence-electron chi connectivity index (χ4n) is 2.07. The third kappa shape index (κ3) is 4.24. The van der Waals surface area contributed by atoms with E-state index in [4.69, 9.17) is 4.74 Å². The van der Waals surface area contributed by atoms with E-state index in [-0.39, 0.29) is 12.2 Å². The molecule has 0 saturated carbocycles. The summed E-state index contributed by atoms with van der Waals surface area (Å²) in [5.74, 6) is -0.623. The van der Waals surface area contributed by atoms with E-state index in [1.54, 1.807) is 19.1 Å². The number of Topliss-reactive ketones (excluding diaryl/α,β-unsaturated/α-hetero) is 1. The van der Waals surface area contributed by atoms with Crippen molar-refractivity contribution < 1.29 is 14.3 Å². The van der Waals surface area contributed by atoms with Gasteiger partial charge in [-0.15, -0.1) is 11.3 Å². The van der Waals surface area contributed by atoms with E-state index in [0.717, 1.165) is 11.4 Å². The van der Waals surface area contributed by atoms with Crippen LogP contribution in [0.3, 0.4) is 0 Å². The number of ketones is 1. The number of aryl methyl sites for hydroxylation is 2. The van der Waals surface area contributed by atoms with E-state index in [1.165, 1.54) is 16.9 Å². The summed E-state index contributed by atoms with van der Waals surface area (Å²) in [6, 6.07) is 7.38. The smallest absolute Gasteiger partial charge is 0.312 e. The van der Waals surface area contributed by atoms with Crippen LogP contribution in [0.2, 0.25) is 0 Å². The minimum absolute atomic E-state index is 0.0940. The van der Waals surface area contributed by atoms with Crippen molar-refractivity contribution in [3.05, 3.63) is 51.5 Å². The molecule has 0 aliphatic heterocycles. The lowest BCUT2D eigenvalue weighted by Gasteiger charge is -2.12. The topological polar surface area (TPSA) is 56.3 Å². The number of ether oxygens (including phenoxy) is 1. The molecule has 5 heteroatoms. The summed E-state index contributed by atoms with van der Waals surface area (Å²) in [7, 11) is 0. The molecular weight excluding hydrogens is 298 g/mol. The van der Waals surface area contributed by atoms with Crippen molar-refractivity contribution in [1.82, 2.24) is 4.98 Å². The highest BCUT2D eigenvalue weighted by Gasteiger charge is 2.20. The Bertz CT molecular complexity index is 661. The van der Waals surface area contributed by atoms with Gasteiger partial charge in [0.15, 0.2) is 6.10 Å². The van der Waals surface area contributed by atoms with Gasteiger partial charge in [-0.3, -0.25) is 9.59 Å². The molecular formula is C17H19NO3S. The van der Waals surface area contributed by atoms with Crippen molar-refractivity contribution >= 4 is 23.1 Å². The number of thiazole rings is 1. The molecule has 0 N–H and O–H groups in total. The highest BCUT2D eigenvalue weighted by Crippen LogP contribution is 2.12. The van der Waals surface area contributed by atoms with E-state index >= 15 is 0 Å². The average molecular weight is 317 g/mol. The zero-order chi connectivity index (χ0) is 16.1. The Labute approximate surface area is 134 Å². The first-order valence-electron chi connectivity index (χ1n) is 7.23. The third-order valence-corrected chi connectivity index (χ3v) is 4.14. The number of rotatable bonds is 6. The molecule has 0 aliphatic carbocycles. The van der Waals surface area contributed by atoms with Crippen molar-refractivity contribution in [1.29, 1.82) is 0 Å². The standard InChI is InChI=1S/C17H19NO3S/c1-4-13-5-7-14(8-6-13)17(20)11(2)21-16(19)9-15-10-22-12(3)18-15/h5-8,10-11H,4,9H2,1-3H3. The molecule has 0 spiro atoms. The third-order valence-electron chi connectivity index (χ3n) is 3.32. The van der Waals surface area contributed by atoms with Gasteiger partial charge in [0.25, 0.3) is 0 Å². The van der Waals surface area contributed by atoms with Gasteiger partial charge in [-0.05, 0) is 25.8 Å². The number of nitrogens with zero attached hydrogens (tertiary/aromatic N) is 1. The molecule has 2 aromatic rings. The largest absolute Gasteiger partial charge is 0.454 e. The molecule has 0 bridgehead atoms. The SMILES string of the molecule is CCc1ccc(C(=O)C(C)OC(=O)Cc2csc(C)n2)cc1. The van der Waals surface area contributed by atoms with Gasteiger partial charge in [0.1, 0.15) is 0 Å². The van der Waals surface area contributed by atoms with Crippen LogP contribution in [0.15, 0.2) is 29.6 Å². The highest BCUT2D eigenvalue weighted by atomic mass is 32.1. The van der Waals surface area contributed by atoms with Gasteiger partial charge in [-0.25, -0.2) is 4.98 Å². The summed E-state index contributed by atoms with van der Waals surface area (Å²) in [5, 5.41) is 2.73. The summed E-state index contributed by atoms with van der Waals surface area (Å²) in [5.41, 5.74) is 2.40. The number of carbonyl (C=O) groups is 2. The lowest BCUT2D eigenvalue weighted by Crippen LogP contribution is -2.25. The van der Waals surface area contributed by atoms with E-state index in [2.05, 4.69) is 11.9 Å². The van der Waals surface area contributed by atoms with Crippen LogP contribution in [0.25, 0.3) is 0 Å². The Balaban J connectivity index is 1.93. The minimum atomic E-state index is -0.792. The highest BCUT2D eigenvalue weighted by molar-refractivity contribution is 7.09. The van der Waals surface area contributed by atoms with Crippen molar-refractivity contribution in [2.24, 2.45) is 0 Å². The second-order valence-corrected chi connectivity index (χ2v) is 6.14. The first kappa shape index (κ1) is 16.4. The normalized spacial score (nSPS) is 12.0. The maximum absolute atomic E-state index is 12.2. The Morgan fingerprint density at radius 1 is 1.27 bits per heavy atom. The van der Waals surface area contributed by atoms with Gasteiger partial charge in [0, 0.05) is 10.9 Å². The fourth-order valence-corrected chi connectivity index (χ4v) is 2.68. The lowest BCUT2D eigenvalue weighted by molar-refractivity contribution is -0.145. The van der Waals surface area contributed by atoms with Gasteiger partial charge in [0.2, 0.25) is 5.78 Å². The zero-order valence-electron chi connectivity index (χ0n) is 13.0. The van der Waals surface area contributed by atoms with Crippen molar-refractivity contribution in [3.63, 3.8) is 0 Å². The van der Waals surface area contributed by atoms with Crippen molar-refractivity contribution in [2.45, 2.75) is 39.7 Å². The number of hydrogen-bond donors (Lipinski definition) is 0. The van der Waals surface area contributed by atoms with Crippen LogP contribution in [0.5, 0.6) is 0 Å². The number of esters is 1. The molecule has 116 valence electrons. The first-order valence-corrected chi connectivity index (χ1v) is 8.11. The van der Waals surface area contributed by atoms with Gasteiger partial charge in [-0.2, -0.15) is 0 Å². The Morgan fingerprint density at radius 3 is 2.50 bits per heavy atom. The summed E-state index contributed by atoms with van der Waals surface area (Å²) in [6.07, 6.45) is 0.225. The summed E-state index contributed by atoms with van der Waals surface area (Å²) < 4.78 is 5.21. The number of carbonyl (C=O) groups excluding carboxylic acids is 2. The van der Waals surface area contributed by atoms with E-state index in [1.807, 2.05) is 24.4 Å². The molecule has 4 nitrogen and oxygen atoms in total. The lowest BCUT2D eigenvalue weighted by atomic mass is 10.0.